The van der Waals surface area contributed by atoms with Crippen molar-refractivity contribution in [3.63, 3.8) is 0 Å². The molecule has 1 aliphatic carbocycles. The highest BCUT2D eigenvalue weighted by atomic mass is 32.1. The van der Waals surface area contributed by atoms with Gasteiger partial charge in [-0.2, -0.15) is 0 Å². The summed E-state index contributed by atoms with van der Waals surface area (Å²) in [5.41, 5.74) is 0.808. The minimum Gasteiger partial charge on any atom is -0.466 e. The topological polar surface area (TPSA) is 101 Å². The van der Waals surface area contributed by atoms with E-state index in [2.05, 4.69) is 15.6 Å². The van der Waals surface area contributed by atoms with Crippen molar-refractivity contribution in [2.24, 2.45) is 5.92 Å². The number of aromatic nitrogens is 1. The van der Waals surface area contributed by atoms with Crippen molar-refractivity contribution in [2.45, 2.75) is 70.8 Å². The second-order valence-electron chi connectivity index (χ2n) is 7.98. The third-order valence-electron chi connectivity index (χ3n) is 5.78. The highest BCUT2D eigenvalue weighted by Gasteiger charge is 2.28. The van der Waals surface area contributed by atoms with Crippen molar-refractivity contribution >= 4 is 34.4 Å². The van der Waals surface area contributed by atoms with E-state index in [0.29, 0.717) is 50.5 Å². The number of likely N-dealkylation sites (tertiary alicyclic amines) is 1. The minimum atomic E-state index is -0.205. The molecule has 0 aromatic carbocycles. The number of esters is 1. The number of hydrogen-bond acceptors (Lipinski definition) is 6. The van der Waals surface area contributed by atoms with E-state index in [-0.39, 0.29) is 29.9 Å². The van der Waals surface area contributed by atoms with E-state index in [4.69, 9.17) is 4.74 Å². The van der Waals surface area contributed by atoms with Crippen molar-refractivity contribution in [1.82, 2.24) is 15.2 Å². The summed E-state index contributed by atoms with van der Waals surface area (Å²) in [5.74, 6) is -0.171. The highest BCUT2D eigenvalue weighted by molar-refractivity contribution is 7.13. The normalized spacial score (nSPS) is 18.1. The molecule has 1 saturated heterocycles. The molecule has 8 nitrogen and oxygen atoms in total. The number of anilines is 1. The number of urea groups is 1. The molecule has 0 atom stereocenters. The Morgan fingerprint density at radius 3 is 2.60 bits per heavy atom. The predicted octanol–water partition coefficient (Wildman–Crippen LogP) is 3.33. The molecular formula is C21H32N4O4S. The van der Waals surface area contributed by atoms with Crippen molar-refractivity contribution in [2.75, 3.05) is 25.0 Å². The minimum absolute atomic E-state index is 0.0786. The Balaban J connectivity index is 1.37. The number of carbonyl (C=O) groups is 3. The fourth-order valence-electron chi connectivity index (χ4n) is 4.06. The first-order chi connectivity index (χ1) is 14.5. The third-order valence-corrected chi connectivity index (χ3v) is 6.58. The molecule has 0 spiro atoms. The maximum atomic E-state index is 12.5. The quantitative estimate of drug-likeness (QED) is 0.639. The number of ether oxygens (including phenoxy) is 1. The van der Waals surface area contributed by atoms with E-state index >= 15 is 0 Å². The van der Waals surface area contributed by atoms with Crippen LogP contribution in [-0.4, -0.2) is 53.5 Å². The van der Waals surface area contributed by atoms with Crippen molar-refractivity contribution < 1.29 is 19.1 Å². The van der Waals surface area contributed by atoms with Gasteiger partial charge >= 0.3 is 12.0 Å². The molecule has 0 bridgehead atoms. The smallest absolute Gasteiger partial charge is 0.321 e. The number of rotatable bonds is 7. The van der Waals surface area contributed by atoms with Crippen LogP contribution in [0.4, 0.5) is 9.93 Å². The van der Waals surface area contributed by atoms with Crippen LogP contribution in [0.25, 0.3) is 0 Å². The van der Waals surface area contributed by atoms with Crippen LogP contribution < -0.4 is 10.6 Å². The second kappa shape index (κ2) is 11.3. The number of carbonyl (C=O) groups excluding carboxylic acids is 3. The molecule has 1 aromatic heterocycles. The van der Waals surface area contributed by atoms with Gasteiger partial charge in [-0.25, -0.2) is 9.78 Å². The largest absolute Gasteiger partial charge is 0.466 e. The third kappa shape index (κ3) is 6.68. The summed E-state index contributed by atoms with van der Waals surface area (Å²) in [6.07, 6.45) is 7.89. The summed E-state index contributed by atoms with van der Waals surface area (Å²) in [5, 5.41) is 8.26. The Morgan fingerprint density at radius 1 is 1.17 bits per heavy atom. The zero-order chi connectivity index (χ0) is 21.3. The molecule has 2 N–H and O–H groups in total. The molecule has 0 radical (unpaired) electrons. The van der Waals surface area contributed by atoms with Crippen LogP contribution in [0.5, 0.6) is 0 Å². The SMILES string of the molecule is CCOC(=O)C1CCN(C(=O)CCc2csc(NC(=O)NC3CCCCC3)n2)CC1. The number of hydrogen-bond donors (Lipinski definition) is 2. The number of nitrogens with one attached hydrogen (secondary N) is 2. The highest BCUT2D eigenvalue weighted by Crippen LogP contribution is 2.21. The Hall–Kier alpha value is -2.16. The molecule has 30 heavy (non-hydrogen) atoms. The summed E-state index contributed by atoms with van der Waals surface area (Å²) in [6.45, 7) is 3.38. The first-order valence-corrected chi connectivity index (χ1v) is 11.9. The van der Waals surface area contributed by atoms with Crippen LogP contribution in [0, 0.1) is 5.92 Å². The molecule has 3 rings (SSSR count). The molecule has 2 heterocycles. The lowest BCUT2D eigenvalue weighted by Crippen LogP contribution is -2.40. The lowest BCUT2D eigenvalue weighted by atomic mass is 9.96. The van der Waals surface area contributed by atoms with Gasteiger partial charge in [0.15, 0.2) is 5.13 Å². The molecule has 2 fully saturated rings. The molecule has 1 aromatic rings. The van der Waals surface area contributed by atoms with Gasteiger partial charge in [0, 0.05) is 30.9 Å². The van der Waals surface area contributed by atoms with Gasteiger partial charge in [0.2, 0.25) is 5.91 Å². The standard InChI is InChI=1S/C21H32N4O4S/c1-2-29-19(27)15-10-12-25(13-11-15)18(26)9-8-17-14-30-21(23-17)24-20(28)22-16-6-4-3-5-7-16/h14-16H,2-13H2,1H3,(H2,22,23,24,28). The van der Waals surface area contributed by atoms with Gasteiger partial charge in [-0.3, -0.25) is 14.9 Å². The summed E-state index contributed by atoms with van der Waals surface area (Å²) in [7, 11) is 0. The summed E-state index contributed by atoms with van der Waals surface area (Å²) in [6, 6.07) is 0.0483. The van der Waals surface area contributed by atoms with Crippen LogP contribution >= 0.6 is 11.3 Å². The number of amides is 3. The molecule has 2 aliphatic rings. The number of piperidine rings is 1. The first-order valence-electron chi connectivity index (χ1n) is 11.0. The van der Waals surface area contributed by atoms with Crippen LogP contribution in [0.3, 0.4) is 0 Å². The lowest BCUT2D eigenvalue weighted by Gasteiger charge is -2.30. The lowest BCUT2D eigenvalue weighted by molar-refractivity contribution is -0.151. The Labute approximate surface area is 181 Å². The van der Waals surface area contributed by atoms with Gasteiger partial charge in [0.25, 0.3) is 0 Å². The number of nitrogens with zero attached hydrogens (tertiary/aromatic N) is 2. The fourth-order valence-corrected chi connectivity index (χ4v) is 4.80. The molecule has 3 amide bonds. The Bertz CT molecular complexity index is 724. The van der Waals surface area contributed by atoms with Gasteiger partial charge in [0.1, 0.15) is 0 Å². The Morgan fingerprint density at radius 2 is 1.90 bits per heavy atom. The zero-order valence-corrected chi connectivity index (χ0v) is 18.5. The van der Waals surface area contributed by atoms with Gasteiger partial charge in [0.05, 0.1) is 18.2 Å². The first kappa shape index (κ1) is 22.5. The van der Waals surface area contributed by atoms with E-state index < -0.39 is 0 Å². The van der Waals surface area contributed by atoms with Gasteiger partial charge in [-0.15, -0.1) is 11.3 Å². The second-order valence-corrected chi connectivity index (χ2v) is 8.84. The summed E-state index contributed by atoms with van der Waals surface area (Å²) in [4.78, 5) is 42.7. The molecule has 166 valence electrons. The van der Waals surface area contributed by atoms with Gasteiger partial charge in [-0.1, -0.05) is 19.3 Å². The van der Waals surface area contributed by atoms with Crippen molar-refractivity contribution in [3.05, 3.63) is 11.1 Å². The van der Waals surface area contributed by atoms with Crippen LogP contribution in [0.2, 0.25) is 0 Å². The monoisotopic (exact) mass is 436 g/mol. The van der Waals surface area contributed by atoms with Crippen LogP contribution in [-0.2, 0) is 20.7 Å². The predicted molar refractivity (Wildman–Crippen MR) is 115 cm³/mol. The molecule has 1 saturated carbocycles. The van der Waals surface area contributed by atoms with E-state index in [9.17, 15) is 14.4 Å². The number of aryl methyl sites for hydroxylation is 1. The zero-order valence-electron chi connectivity index (χ0n) is 17.7. The summed E-state index contributed by atoms with van der Waals surface area (Å²) >= 11 is 1.38. The van der Waals surface area contributed by atoms with Gasteiger partial charge in [-0.05, 0) is 39.0 Å². The van der Waals surface area contributed by atoms with Crippen molar-refractivity contribution in [1.29, 1.82) is 0 Å². The average Bonchev–Trinajstić information content (AvgIpc) is 3.20. The maximum Gasteiger partial charge on any atom is 0.321 e. The van der Waals surface area contributed by atoms with Crippen LogP contribution in [0.1, 0.15) is 64.0 Å². The van der Waals surface area contributed by atoms with E-state index in [1.165, 1.54) is 30.6 Å². The van der Waals surface area contributed by atoms with Crippen molar-refractivity contribution in [3.8, 4) is 0 Å². The number of thiazole rings is 1. The van der Waals surface area contributed by atoms with E-state index in [1.807, 2.05) is 10.3 Å². The Kier molecular flexibility index (Phi) is 8.48. The molecule has 1 aliphatic heterocycles. The van der Waals surface area contributed by atoms with Gasteiger partial charge < -0.3 is 15.0 Å². The fraction of sp³-hybridized carbons (Fsp3) is 0.714. The van der Waals surface area contributed by atoms with E-state index in [0.717, 1.165) is 18.5 Å². The molecular weight excluding hydrogens is 404 g/mol. The molecule has 0 unspecified atom stereocenters. The summed E-state index contributed by atoms with van der Waals surface area (Å²) < 4.78 is 5.07. The molecule has 9 heteroatoms. The van der Waals surface area contributed by atoms with Crippen LogP contribution in [0.15, 0.2) is 5.38 Å². The maximum absolute atomic E-state index is 12.5. The van der Waals surface area contributed by atoms with E-state index in [1.54, 1.807) is 6.92 Å². The average molecular weight is 437 g/mol.